The Morgan fingerprint density at radius 2 is 2.08 bits per heavy atom. The fourth-order valence-corrected chi connectivity index (χ4v) is 0.958. The lowest BCUT2D eigenvalue weighted by Crippen LogP contribution is -2.12. The second-order valence-corrected chi connectivity index (χ2v) is 2.63. The van der Waals surface area contributed by atoms with E-state index in [1.807, 2.05) is 0 Å². The lowest BCUT2D eigenvalue weighted by Gasteiger charge is -2.03. The molecule has 3 N–H and O–H groups in total. The third kappa shape index (κ3) is 2.69. The molecule has 0 spiro atoms. The Hall–Kier alpha value is -1.66. The maximum Gasteiger partial charge on any atom is 0.157 e. The highest BCUT2D eigenvalue weighted by Crippen LogP contribution is 2.24. The highest BCUT2D eigenvalue weighted by atomic mass is 16.3. The number of benzene rings is 1. The Balaban J connectivity index is 2.59. The summed E-state index contributed by atoms with van der Waals surface area (Å²) in [5, 5.41) is 21.1. The summed E-state index contributed by atoms with van der Waals surface area (Å²) >= 11 is 0. The number of hydrogen-bond donors (Lipinski definition) is 3. The molecule has 1 rings (SSSR count). The van der Waals surface area contributed by atoms with Crippen LogP contribution in [-0.4, -0.2) is 16.8 Å². The van der Waals surface area contributed by atoms with Crippen molar-refractivity contribution in [3.8, 4) is 23.8 Å². The first-order valence-corrected chi connectivity index (χ1v) is 3.89. The molecule has 0 aliphatic heterocycles. The third-order valence-corrected chi connectivity index (χ3v) is 1.60. The average molecular weight is 177 g/mol. The largest absolute Gasteiger partial charge is 0.504 e. The molecule has 0 atom stereocenters. The van der Waals surface area contributed by atoms with Crippen molar-refractivity contribution in [3.63, 3.8) is 0 Å². The van der Waals surface area contributed by atoms with Crippen LogP contribution in [0.25, 0.3) is 0 Å². The van der Waals surface area contributed by atoms with E-state index >= 15 is 0 Å². The zero-order chi connectivity index (χ0) is 9.68. The smallest absolute Gasteiger partial charge is 0.157 e. The van der Waals surface area contributed by atoms with Crippen LogP contribution in [0, 0.1) is 12.3 Å². The summed E-state index contributed by atoms with van der Waals surface area (Å²) < 4.78 is 0. The fraction of sp³-hybridized carbons (Fsp3) is 0.200. The molecule has 0 unspecified atom stereocenters. The Kier molecular flexibility index (Phi) is 3.18. The summed E-state index contributed by atoms with van der Waals surface area (Å²) in [6, 6.07) is 4.67. The molecule has 3 heteroatoms. The molecule has 0 bridgehead atoms. The second-order valence-electron chi connectivity index (χ2n) is 2.63. The number of aromatic hydroxyl groups is 2. The molecule has 1 aromatic rings. The quantitative estimate of drug-likeness (QED) is 0.364. The van der Waals surface area contributed by atoms with E-state index in [1.54, 1.807) is 6.07 Å². The van der Waals surface area contributed by atoms with Gasteiger partial charge in [0.05, 0.1) is 6.54 Å². The van der Waals surface area contributed by atoms with E-state index in [0.717, 1.165) is 5.56 Å². The van der Waals surface area contributed by atoms with E-state index in [0.29, 0.717) is 13.1 Å². The van der Waals surface area contributed by atoms with E-state index in [4.69, 9.17) is 16.6 Å². The first kappa shape index (κ1) is 9.43. The van der Waals surface area contributed by atoms with Crippen LogP contribution in [0.15, 0.2) is 18.2 Å². The van der Waals surface area contributed by atoms with Crippen LogP contribution < -0.4 is 5.32 Å². The van der Waals surface area contributed by atoms with Crippen LogP contribution in [0.1, 0.15) is 5.56 Å². The van der Waals surface area contributed by atoms with Gasteiger partial charge in [-0.05, 0) is 17.7 Å². The van der Waals surface area contributed by atoms with E-state index < -0.39 is 0 Å². The van der Waals surface area contributed by atoms with E-state index in [1.165, 1.54) is 12.1 Å². The standard InChI is InChI=1S/C10H11NO2/c1-2-5-11-7-8-3-4-9(12)10(13)6-8/h1,3-4,6,11-13H,5,7H2. The zero-order valence-electron chi connectivity index (χ0n) is 7.12. The van der Waals surface area contributed by atoms with Crippen LogP contribution >= 0.6 is 0 Å². The van der Waals surface area contributed by atoms with Gasteiger partial charge in [-0.1, -0.05) is 12.0 Å². The van der Waals surface area contributed by atoms with E-state index in [9.17, 15) is 0 Å². The number of rotatable bonds is 3. The molecule has 0 amide bonds. The number of hydrogen-bond acceptors (Lipinski definition) is 3. The van der Waals surface area contributed by atoms with E-state index in [2.05, 4.69) is 11.2 Å². The van der Waals surface area contributed by atoms with Gasteiger partial charge in [0.2, 0.25) is 0 Å². The number of nitrogens with one attached hydrogen (secondary N) is 1. The van der Waals surface area contributed by atoms with Gasteiger partial charge < -0.3 is 15.5 Å². The van der Waals surface area contributed by atoms with Crippen molar-refractivity contribution < 1.29 is 10.2 Å². The van der Waals surface area contributed by atoms with Gasteiger partial charge in [-0.15, -0.1) is 6.42 Å². The van der Waals surface area contributed by atoms with Crippen molar-refractivity contribution in [1.82, 2.24) is 5.32 Å². The molecule has 68 valence electrons. The topological polar surface area (TPSA) is 52.5 Å². The van der Waals surface area contributed by atoms with Gasteiger partial charge in [0.15, 0.2) is 11.5 Å². The maximum atomic E-state index is 9.14. The van der Waals surface area contributed by atoms with Crippen molar-refractivity contribution in [2.45, 2.75) is 6.54 Å². The van der Waals surface area contributed by atoms with Crippen LogP contribution in [-0.2, 0) is 6.54 Å². The minimum absolute atomic E-state index is 0.110. The summed E-state index contributed by atoms with van der Waals surface area (Å²) in [5.74, 6) is 2.22. The van der Waals surface area contributed by atoms with Crippen LogP contribution in [0.4, 0.5) is 0 Å². The van der Waals surface area contributed by atoms with Gasteiger partial charge in [-0.2, -0.15) is 0 Å². The monoisotopic (exact) mass is 177 g/mol. The van der Waals surface area contributed by atoms with Gasteiger partial charge in [-0.3, -0.25) is 0 Å². The molecule has 1 aromatic carbocycles. The summed E-state index contributed by atoms with van der Waals surface area (Å²) in [6.07, 6.45) is 5.04. The molecule has 13 heavy (non-hydrogen) atoms. The Morgan fingerprint density at radius 3 is 2.69 bits per heavy atom. The van der Waals surface area contributed by atoms with Crippen molar-refractivity contribution >= 4 is 0 Å². The van der Waals surface area contributed by atoms with Crippen LogP contribution in [0.3, 0.4) is 0 Å². The molecule has 0 heterocycles. The van der Waals surface area contributed by atoms with E-state index in [-0.39, 0.29) is 11.5 Å². The summed E-state index contributed by atoms with van der Waals surface area (Å²) in [4.78, 5) is 0. The number of terminal acetylenes is 1. The average Bonchev–Trinajstić information content (AvgIpc) is 2.12. The first-order chi connectivity index (χ1) is 6.24. The molecular weight excluding hydrogens is 166 g/mol. The van der Waals surface area contributed by atoms with Gasteiger partial charge in [0, 0.05) is 6.54 Å². The fourth-order valence-electron chi connectivity index (χ4n) is 0.958. The van der Waals surface area contributed by atoms with Gasteiger partial charge in [0.1, 0.15) is 0 Å². The lowest BCUT2D eigenvalue weighted by atomic mass is 10.2. The Bertz CT molecular complexity index is 328. The Morgan fingerprint density at radius 1 is 1.31 bits per heavy atom. The third-order valence-electron chi connectivity index (χ3n) is 1.60. The molecule has 0 saturated heterocycles. The molecular formula is C10H11NO2. The van der Waals surface area contributed by atoms with Crippen LogP contribution in [0.5, 0.6) is 11.5 Å². The second kappa shape index (κ2) is 4.39. The number of phenols is 2. The zero-order valence-corrected chi connectivity index (χ0v) is 7.12. The van der Waals surface area contributed by atoms with Gasteiger partial charge >= 0.3 is 0 Å². The molecule has 0 aliphatic carbocycles. The molecule has 0 radical (unpaired) electrons. The predicted octanol–water partition coefficient (Wildman–Crippen LogP) is 0.821. The minimum Gasteiger partial charge on any atom is -0.504 e. The van der Waals surface area contributed by atoms with Gasteiger partial charge in [-0.25, -0.2) is 0 Å². The summed E-state index contributed by atoms with van der Waals surface area (Å²) in [7, 11) is 0. The van der Waals surface area contributed by atoms with Crippen molar-refractivity contribution in [1.29, 1.82) is 0 Å². The molecule has 0 aliphatic rings. The molecule has 0 fully saturated rings. The highest BCUT2D eigenvalue weighted by Gasteiger charge is 1.99. The summed E-state index contributed by atoms with van der Waals surface area (Å²) in [6.45, 7) is 1.07. The molecule has 0 aromatic heterocycles. The number of phenolic OH excluding ortho intramolecular Hbond substituents is 2. The van der Waals surface area contributed by atoms with Gasteiger partial charge in [0.25, 0.3) is 0 Å². The highest BCUT2D eigenvalue weighted by molar-refractivity contribution is 5.40. The summed E-state index contributed by atoms with van der Waals surface area (Å²) in [5.41, 5.74) is 0.880. The lowest BCUT2D eigenvalue weighted by molar-refractivity contribution is 0.403. The maximum absolute atomic E-state index is 9.14. The SMILES string of the molecule is C#CCNCc1ccc(O)c(O)c1. The predicted molar refractivity (Wildman–Crippen MR) is 50.3 cm³/mol. The molecule has 3 nitrogen and oxygen atoms in total. The minimum atomic E-state index is -0.111. The van der Waals surface area contributed by atoms with Crippen LogP contribution in [0.2, 0.25) is 0 Å². The van der Waals surface area contributed by atoms with Crippen molar-refractivity contribution in [3.05, 3.63) is 23.8 Å². The first-order valence-electron chi connectivity index (χ1n) is 3.89. The molecule has 0 saturated carbocycles. The van der Waals surface area contributed by atoms with Crippen molar-refractivity contribution in [2.24, 2.45) is 0 Å². The Labute approximate surface area is 77.0 Å². The normalized spacial score (nSPS) is 9.46. The van der Waals surface area contributed by atoms with Crippen molar-refractivity contribution in [2.75, 3.05) is 6.54 Å².